The first-order chi connectivity index (χ1) is 6.63. The molecule has 0 saturated carbocycles. The average Bonchev–Trinajstić information content (AvgIpc) is 2.19. The van der Waals surface area contributed by atoms with Crippen LogP contribution in [0.25, 0.3) is 6.08 Å². The molecular formula is C8H9N3O3. The maximum atomic E-state index is 10.3. The molecule has 0 bridgehead atoms. The van der Waals surface area contributed by atoms with Gasteiger partial charge in [0.15, 0.2) is 0 Å². The van der Waals surface area contributed by atoms with Crippen molar-refractivity contribution in [2.45, 2.75) is 6.92 Å². The van der Waals surface area contributed by atoms with Crippen molar-refractivity contribution in [1.29, 1.82) is 0 Å². The number of nitro groups is 1. The second-order valence-corrected chi connectivity index (χ2v) is 2.55. The van der Waals surface area contributed by atoms with Crippen molar-refractivity contribution in [2.24, 2.45) is 0 Å². The second-order valence-electron chi connectivity index (χ2n) is 2.55. The largest absolute Gasteiger partial charge is 0.467 e. The highest BCUT2D eigenvalue weighted by Crippen LogP contribution is 2.06. The summed E-state index contributed by atoms with van der Waals surface area (Å²) < 4.78 is 4.74. The Morgan fingerprint density at radius 3 is 2.57 bits per heavy atom. The van der Waals surface area contributed by atoms with Crippen molar-refractivity contribution in [1.82, 2.24) is 9.97 Å². The van der Waals surface area contributed by atoms with Crippen LogP contribution in [0.5, 0.6) is 6.01 Å². The van der Waals surface area contributed by atoms with E-state index in [9.17, 15) is 10.1 Å². The van der Waals surface area contributed by atoms with Crippen LogP contribution in [0, 0.1) is 10.1 Å². The van der Waals surface area contributed by atoms with Gasteiger partial charge in [0, 0.05) is 31.0 Å². The fraction of sp³-hybridized carbons (Fsp3) is 0.250. The number of nitrogens with zero attached hydrogens (tertiary/aromatic N) is 3. The van der Waals surface area contributed by atoms with E-state index in [0.29, 0.717) is 5.56 Å². The van der Waals surface area contributed by atoms with Crippen LogP contribution in [0.1, 0.15) is 12.5 Å². The van der Waals surface area contributed by atoms with E-state index in [1.807, 2.05) is 0 Å². The number of ether oxygens (including phenoxy) is 1. The fourth-order valence-electron chi connectivity index (χ4n) is 0.800. The normalized spacial score (nSPS) is 11.1. The van der Waals surface area contributed by atoms with Crippen molar-refractivity contribution in [3.63, 3.8) is 0 Å². The molecule has 0 fully saturated rings. The van der Waals surface area contributed by atoms with E-state index in [1.54, 1.807) is 0 Å². The molecule has 0 amide bonds. The summed E-state index contributed by atoms with van der Waals surface area (Å²) in [4.78, 5) is 17.4. The van der Waals surface area contributed by atoms with Crippen LogP contribution in [-0.2, 0) is 0 Å². The number of methoxy groups -OCH3 is 1. The third-order valence-corrected chi connectivity index (χ3v) is 1.49. The molecule has 0 aliphatic heterocycles. The first-order valence-corrected chi connectivity index (χ1v) is 3.82. The zero-order valence-electron chi connectivity index (χ0n) is 7.80. The highest BCUT2D eigenvalue weighted by atomic mass is 16.6. The highest BCUT2D eigenvalue weighted by molar-refractivity contribution is 5.48. The Labute approximate surface area is 80.4 Å². The van der Waals surface area contributed by atoms with Crippen LogP contribution in [0.15, 0.2) is 18.1 Å². The Morgan fingerprint density at radius 1 is 1.57 bits per heavy atom. The molecule has 0 spiro atoms. The summed E-state index contributed by atoms with van der Waals surface area (Å²) in [6.45, 7) is 1.41. The zero-order valence-corrected chi connectivity index (χ0v) is 7.80. The number of hydrogen-bond donors (Lipinski definition) is 0. The highest BCUT2D eigenvalue weighted by Gasteiger charge is 2.02. The summed E-state index contributed by atoms with van der Waals surface area (Å²) >= 11 is 0. The minimum absolute atomic E-state index is 0.0405. The van der Waals surface area contributed by atoms with E-state index < -0.39 is 4.92 Å². The smallest absolute Gasteiger partial charge is 0.316 e. The van der Waals surface area contributed by atoms with Gasteiger partial charge in [-0.3, -0.25) is 10.1 Å². The molecule has 0 saturated heterocycles. The lowest BCUT2D eigenvalue weighted by Gasteiger charge is -1.96. The van der Waals surface area contributed by atoms with Gasteiger partial charge in [0.1, 0.15) is 0 Å². The Hall–Kier alpha value is -1.98. The van der Waals surface area contributed by atoms with Gasteiger partial charge < -0.3 is 4.74 Å². The Morgan fingerprint density at radius 2 is 2.14 bits per heavy atom. The summed E-state index contributed by atoms with van der Waals surface area (Å²) in [5.41, 5.74) is 0.610. The molecule has 0 radical (unpaired) electrons. The molecule has 0 atom stereocenters. The minimum atomic E-state index is -0.468. The Balaban J connectivity index is 2.88. The monoisotopic (exact) mass is 195 g/mol. The molecule has 1 heterocycles. The van der Waals surface area contributed by atoms with Gasteiger partial charge in [0.25, 0.3) is 0 Å². The van der Waals surface area contributed by atoms with E-state index in [0.717, 1.165) is 0 Å². The molecule has 0 aliphatic carbocycles. The molecule has 0 unspecified atom stereocenters. The number of allylic oxidation sites excluding steroid dienone is 1. The predicted molar refractivity (Wildman–Crippen MR) is 49.2 cm³/mol. The van der Waals surface area contributed by atoms with Crippen molar-refractivity contribution in [2.75, 3.05) is 7.11 Å². The van der Waals surface area contributed by atoms with Gasteiger partial charge in [-0.25, -0.2) is 9.97 Å². The number of aromatic nitrogens is 2. The molecule has 14 heavy (non-hydrogen) atoms. The SMILES string of the molecule is COc1ncc(/C=C(/C)[N+](=O)[O-])cn1. The van der Waals surface area contributed by atoms with E-state index in [4.69, 9.17) is 4.74 Å². The Kier molecular flexibility index (Phi) is 3.11. The molecular weight excluding hydrogens is 186 g/mol. The maximum Gasteiger partial charge on any atom is 0.316 e. The van der Waals surface area contributed by atoms with Crippen molar-refractivity contribution < 1.29 is 9.66 Å². The lowest BCUT2D eigenvalue weighted by Crippen LogP contribution is -1.95. The predicted octanol–water partition coefficient (Wildman–Crippen LogP) is 1.12. The molecule has 0 aliphatic rings. The summed E-state index contributed by atoms with van der Waals surface area (Å²) in [6.07, 6.45) is 4.30. The lowest BCUT2D eigenvalue weighted by atomic mass is 10.3. The Bertz CT molecular complexity index is 359. The van der Waals surface area contributed by atoms with E-state index in [-0.39, 0.29) is 11.7 Å². The summed E-state index contributed by atoms with van der Waals surface area (Å²) in [5, 5.41) is 10.3. The van der Waals surface area contributed by atoms with E-state index >= 15 is 0 Å². The van der Waals surface area contributed by atoms with Crippen molar-refractivity contribution in [3.05, 3.63) is 33.8 Å². The summed E-state index contributed by atoms with van der Waals surface area (Å²) in [6, 6.07) is 0.237. The topological polar surface area (TPSA) is 78.2 Å². The molecule has 1 rings (SSSR count). The van der Waals surface area contributed by atoms with Gasteiger partial charge in [-0.05, 0) is 0 Å². The quantitative estimate of drug-likeness (QED) is 0.533. The number of rotatable bonds is 3. The fourth-order valence-corrected chi connectivity index (χ4v) is 0.800. The second kappa shape index (κ2) is 4.31. The van der Waals surface area contributed by atoms with Crippen LogP contribution in [0.4, 0.5) is 0 Å². The average molecular weight is 195 g/mol. The van der Waals surface area contributed by atoms with Gasteiger partial charge >= 0.3 is 6.01 Å². The van der Waals surface area contributed by atoms with Crippen molar-refractivity contribution >= 4 is 6.08 Å². The lowest BCUT2D eigenvalue weighted by molar-refractivity contribution is -0.422. The molecule has 0 aromatic carbocycles. The van der Waals surface area contributed by atoms with Crippen LogP contribution in [0.2, 0.25) is 0 Å². The molecule has 6 nitrogen and oxygen atoms in total. The third kappa shape index (κ3) is 2.51. The van der Waals surface area contributed by atoms with E-state index in [2.05, 4.69) is 9.97 Å². The third-order valence-electron chi connectivity index (χ3n) is 1.49. The van der Waals surface area contributed by atoms with Gasteiger partial charge in [0.05, 0.1) is 12.0 Å². The summed E-state index contributed by atoms with van der Waals surface area (Å²) in [7, 11) is 1.45. The van der Waals surface area contributed by atoms with Crippen LogP contribution < -0.4 is 4.74 Å². The van der Waals surface area contributed by atoms with E-state index in [1.165, 1.54) is 32.5 Å². The van der Waals surface area contributed by atoms with Crippen molar-refractivity contribution in [3.8, 4) is 6.01 Å². The molecule has 1 aromatic rings. The summed E-state index contributed by atoms with van der Waals surface area (Å²) in [5.74, 6) is 0. The van der Waals surface area contributed by atoms with Gasteiger partial charge in [-0.2, -0.15) is 0 Å². The van der Waals surface area contributed by atoms with Crippen LogP contribution in [0.3, 0.4) is 0 Å². The standard InChI is InChI=1S/C8H9N3O3/c1-6(11(12)13)3-7-4-9-8(14-2)10-5-7/h3-5H,1-2H3/b6-3-. The molecule has 0 N–H and O–H groups in total. The molecule has 1 aromatic heterocycles. The van der Waals surface area contributed by atoms with Gasteiger partial charge in [0.2, 0.25) is 5.70 Å². The number of hydrogen-bond acceptors (Lipinski definition) is 5. The molecule has 6 heteroatoms. The first kappa shape index (κ1) is 10.1. The maximum absolute atomic E-state index is 10.3. The van der Waals surface area contributed by atoms with Gasteiger partial charge in [-0.1, -0.05) is 0 Å². The minimum Gasteiger partial charge on any atom is -0.467 e. The van der Waals surface area contributed by atoms with Crippen LogP contribution in [-0.4, -0.2) is 22.0 Å². The molecule has 74 valence electrons. The van der Waals surface area contributed by atoms with Crippen LogP contribution >= 0.6 is 0 Å². The first-order valence-electron chi connectivity index (χ1n) is 3.82. The van der Waals surface area contributed by atoms with Gasteiger partial charge in [-0.15, -0.1) is 0 Å². The zero-order chi connectivity index (χ0) is 10.6.